The molecule has 1 aromatic heterocycles. The van der Waals surface area contributed by atoms with Crippen molar-refractivity contribution in [2.24, 2.45) is 24.0 Å². The maximum atomic E-state index is 12.8. The molecule has 3 aliphatic rings. The summed E-state index contributed by atoms with van der Waals surface area (Å²) in [5.41, 5.74) is 0.468. The smallest absolute Gasteiger partial charge is 0.395 e. The number of sulfone groups is 3. The van der Waals surface area contributed by atoms with Crippen molar-refractivity contribution in [3.05, 3.63) is 108 Å². The van der Waals surface area contributed by atoms with Gasteiger partial charge < -0.3 is 14.7 Å². The molecule has 0 bridgehead atoms. The van der Waals surface area contributed by atoms with Gasteiger partial charge in [0, 0.05) is 91.9 Å². The molecule has 74 heavy (non-hydrogen) atoms. The number of nitrogens with one attached hydrogen (secondary N) is 1. The Balaban J connectivity index is 0.000000208. The maximum absolute atomic E-state index is 12.8. The number of benzene rings is 3. The van der Waals surface area contributed by atoms with E-state index < -0.39 is 117 Å². The van der Waals surface area contributed by atoms with Gasteiger partial charge in [-0.15, -0.1) is 0 Å². The standard InChI is InChI=1S/C17H16ClF3O6S.C16H17N3O5S.C14H13ClO5S/c1-28(25,26)13-6-5-9(15(18)10(13)7-27-8-17(19,20)21)16(24)14-11(22)3-2-4-12(14)23;1-9-10(15(20)11-8-17-19(2)16(11)21)4-5-13(25(3,22)23)14(9)12-6-7-24-18-12;1-21(19,20)8-5-6-9(10(15)7-8)14(18)13-11(16)3-2-4-12(13)17/h5-6,14H,2-4,7-8H2,1H3;4-5,8,17H,6-7H2,1-3H3;5-7,13H,2-4H2,1H3. The number of halogens is 5. The summed E-state index contributed by atoms with van der Waals surface area (Å²) in [6.45, 7) is -0.470. The van der Waals surface area contributed by atoms with Crippen LogP contribution in [0.4, 0.5) is 13.2 Å². The average Bonchev–Trinajstić information content (AvgIpc) is 3.94. The van der Waals surface area contributed by atoms with E-state index in [9.17, 15) is 76.8 Å². The molecule has 0 radical (unpaired) electrons. The third kappa shape index (κ3) is 13.8. The molecule has 4 aromatic rings. The van der Waals surface area contributed by atoms with Gasteiger partial charge in [-0.3, -0.25) is 43.0 Å². The highest BCUT2D eigenvalue weighted by atomic mass is 35.5. The molecular weight excluding hydrogens is 1090 g/mol. The van der Waals surface area contributed by atoms with E-state index in [0.717, 1.165) is 37.0 Å². The first-order valence-electron chi connectivity index (χ1n) is 21.9. The maximum Gasteiger partial charge on any atom is 0.411 e. The van der Waals surface area contributed by atoms with E-state index in [1.807, 2.05) is 0 Å². The average molecular weight is 1130 g/mol. The van der Waals surface area contributed by atoms with E-state index in [4.69, 9.17) is 28.0 Å². The molecular formula is C47H46Cl2F3N3O16S3. The summed E-state index contributed by atoms with van der Waals surface area (Å²) in [5.74, 6) is -6.83. The van der Waals surface area contributed by atoms with Gasteiger partial charge in [0.1, 0.15) is 30.6 Å². The minimum atomic E-state index is -4.65. The topological polar surface area (TPSA) is 291 Å². The van der Waals surface area contributed by atoms with E-state index in [1.165, 1.54) is 42.2 Å². The molecule has 19 nitrogen and oxygen atoms in total. The Labute approximate surface area is 431 Å². The zero-order valence-electron chi connectivity index (χ0n) is 39.9. The summed E-state index contributed by atoms with van der Waals surface area (Å²) in [6, 6.07) is 8.50. The first kappa shape index (κ1) is 58.9. The monoisotopic (exact) mass is 1130 g/mol. The van der Waals surface area contributed by atoms with Crippen molar-refractivity contribution in [3.8, 4) is 0 Å². The molecule has 0 spiro atoms. The molecule has 3 aromatic carbocycles. The number of ether oxygens (including phenoxy) is 1. The first-order valence-corrected chi connectivity index (χ1v) is 28.4. The van der Waals surface area contributed by atoms with Crippen LogP contribution in [-0.4, -0.2) is 119 Å². The van der Waals surface area contributed by atoms with Crippen LogP contribution in [-0.2, 0) is 71.9 Å². The summed E-state index contributed by atoms with van der Waals surface area (Å²) in [6.07, 6.45) is 1.36. The van der Waals surface area contributed by atoms with Gasteiger partial charge in [0.05, 0.1) is 37.1 Å². The Morgan fingerprint density at radius 1 is 0.730 bits per heavy atom. The van der Waals surface area contributed by atoms with E-state index in [-0.39, 0.29) is 68.3 Å². The van der Waals surface area contributed by atoms with E-state index in [1.54, 1.807) is 6.92 Å². The fourth-order valence-corrected chi connectivity index (χ4v) is 11.3. The number of oxime groups is 1. The van der Waals surface area contributed by atoms with Gasteiger partial charge in [-0.1, -0.05) is 28.4 Å². The SMILES string of the molecule is CS(=O)(=O)c1ccc(C(=O)C2C(=O)CCCC2=O)c(Cl)c1.CS(=O)(=O)c1ccc(C(=O)C2C(=O)CCCC2=O)c(Cl)c1COCC(F)(F)F.Cc1c(C(=O)c2c[nH]n(C)c2=O)ccc(S(C)(=O)=O)c1C1=NOCC1. The van der Waals surface area contributed by atoms with Gasteiger partial charge in [-0.2, -0.15) is 13.2 Å². The molecule has 1 N–H and O–H groups in total. The molecule has 0 saturated heterocycles. The van der Waals surface area contributed by atoms with Gasteiger partial charge >= 0.3 is 6.18 Å². The number of aromatic nitrogens is 2. The van der Waals surface area contributed by atoms with Gasteiger partial charge in [0.25, 0.3) is 5.56 Å². The van der Waals surface area contributed by atoms with Crippen LogP contribution in [0.25, 0.3) is 0 Å². The minimum Gasteiger partial charge on any atom is -0.395 e. The lowest BCUT2D eigenvalue weighted by Crippen LogP contribution is -2.35. The lowest BCUT2D eigenvalue weighted by Gasteiger charge is -2.20. The molecule has 7 rings (SSSR count). The third-order valence-corrected chi connectivity index (χ3v) is 15.8. The second kappa shape index (κ2) is 23.3. The number of rotatable bonds is 13. The Bertz CT molecular complexity index is 3410. The Kier molecular flexibility index (Phi) is 18.5. The number of Topliss-reactive ketones (excluding diaryl/α,β-unsaturated/α-hetero) is 6. The highest BCUT2D eigenvalue weighted by Gasteiger charge is 2.39. The molecule has 1 aliphatic heterocycles. The molecule has 2 heterocycles. The van der Waals surface area contributed by atoms with Gasteiger partial charge in [-0.25, -0.2) is 25.3 Å². The number of nitrogens with zero attached hydrogens (tertiary/aromatic N) is 2. The van der Waals surface area contributed by atoms with Crippen LogP contribution in [0.2, 0.25) is 10.0 Å². The lowest BCUT2D eigenvalue weighted by molar-refractivity contribution is -0.176. The number of carbonyl (C=O) groups is 7. The fourth-order valence-electron chi connectivity index (χ4n) is 8.03. The van der Waals surface area contributed by atoms with Crippen LogP contribution < -0.4 is 5.56 Å². The predicted molar refractivity (Wildman–Crippen MR) is 259 cm³/mol. The second-order valence-electron chi connectivity index (χ2n) is 17.2. The summed E-state index contributed by atoms with van der Waals surface area (Å²) in [4.78, 5) is 102. The first-order chi connectivity index (χ1) is 34.3. The quantitative estimate of drug-likeness (QED) is 0.126. The van der Waals surface area contributed by atoms with Crippen molar-refractivity contribution in [2.45, 2.75) is 79.3 Å². The van der Waals surface area contributed by atoms with E-state index >= 15 is 0 Å². The van der Waals surface area contributed by atoms with Crippen molar-refractivity contribution < 1.29 is 81.6 Å². The molecule has 398 valence electrons. The Morgan fingerprint density at radius 2 is 1.23 bits per heavy atom. The van der Waals surface area contributed by atoms with Crippen molar-refractivity contribution >= 4 is 98.9 Å². The second-order valence-corrected chi connectivity index (χ2v) is 24.0. The normalized spacial score (nSPS) is 15.9. The molecule has 0 amide bonds. The van der Waals surface area contributed by atoms with Gasteiger partial charge in [-0.05, 0) is 67.8 Å². The minimum absolute atomic E-state index is 0.00216. The van der Waals surface area contributed by atoms with Crippen LogP contribution in [0, 0.1) is 18.8 Å². The summed E-state index contributed by atoms with van der Waals surface area (Å²) >= 11 is 12.0. The van der Waals surface area contributed by atoms with Crippen LogP contribution >= 0.6 is 23.2 Å². The number of carbonyl (C=O) groups excluding carboxylic acids is 7. The molecule has 2 saturated carbocycles. The highest BCUT2D eigenvalue weighted by molar-refractivity contribution is 7.91. The van der Waals surface area contributed by atoms with Crippen LogP contribution in [0.5, 0.6) is 0 Å². The van der Waals surface area contributed by atoms with Gasteiger partial charge in [0.2, 0.25) is 0 Å². The van der Waals surface area contributed by atoms with Crippen molar-refractivity contribution in [3.63, 3.8) is 0 Å². The van der Waals surface area contributed by atoms with E-state index in [0.29, 0.717) is 42.7 Å². The summed E-state index contributed by atoms with van der Waals surface area (Å²) < 4.78 is 114. The van der Waals surface area contributed by atoms with Crippen molar-refractivity contribution in [2.75, 3.05) is 32.0 Å². The number of hydrogen-bond acceptors (Lipinski definition) is 17. The largest absolute Gasteiger partial charge is 0.411 e. The molecule has 27 heteroatoms. The summed E-state index contributed by atoms with van der Waals surface area (Å²) in [5, 5.41) is 6.03. The van der Waals surface area contributed by atoms with Crippen LogP contribution in [0.3, 0.4) is 0 Å². The van der Waals surface area contributed by atoms with Crippen LogP contribution in [0.1, 0.15) is 98.3 Å². The van der Waals surface area contributed by atoms with Gasteiger partial charge in [0.15, 0.2) is 70.0 Å². The number of alkyl halides is 3. The number of aryl methyl sites for hydroxylation is 1. The number of hydrogen-bond donors (Lipinski definition) is 1. The summed E-state index contributed by atoms with van der Waals surface area (Å²) in [7, 11) is -9.36. The highest BCUT2D eigenvalue weighted by Crippen LogP contribution is 2.34. The molecule has 2 aliphatic carbocycles. The number of aromatic amines is 1. The van der Waals surface area contributed by atoms with E-state index in [2.05, 4.69) is 15.0 Å². The Hall–Kier alpha value is -5.99. The Morgan fingerprint density at radius 3 is 1.68 bits per heavy atom. The fraction of sp³-hybridized carbons (Fsp3) is 0.383. The van der Waals surface area contributed by atoms with Crippen LogP contribution in [0.15, 0.2) is 73.3 Å². The molecule has 0 unspecified atom stereocenters. The number of ketones is 7. The van der Waals surface area contributed by atoms with Crippen molar-refractivity contribution in [1.82, 2.24) is 9.78 Å². The zero-order chi connectivity index (χ0) is 55.4. The molecule has 2 fully saturated rings. The number of H-pyrrole nitrogens is 1. The predicted octanol–water partition coefficient (Wildman–Crippen LogP) is 5.59. The zero-order valence-corrected chi connectivity index (χ0v) is 43.8. The lowest BCUT2D eigenvalue weighted by atomic mass is 9.81. The molecule has 0 atom stereocenters. The van der Waals surface area contributed by atoms with Crippen molar-refractivity contribution in [1.29, 1.82) is 0 Å². The third-order valence-electron chi connectivity index (χ3n) is 11.7.